The van der Waals surface area contributed by atoms with Crippen LogP contribution >= 0.6 is 0 Å². The van der Waals surface area contributed by atoms with Crippen LogP contribution in [-0.2, 0) is 9.47 Å². The Morgan fingerprint density at radius 2 is 1.44 bits per heavy atom. The summed E-state index contributed by atoms with van der Waals surface area (Å²) >= 11 is 0. The van der Waals surface area contributed by atoms with E-state index in [4.69, 9.17) is 9.47 Å². The van der Waals surface area contributed by atoms with Gasteiger partial charge in [0.1, 0.15) is 0 Å². The predicted molar refractivity (Wildman–Crippen MR) is 72.3 cm³/mol. The molecule has 1 heterocycles. The van der Waals surface area contributed by atoms with Crippen molar-refractivity contribution < 1.29 is 9.47 Å². The van der Waals surface area contributed by atoms with Gasteiger partial charge >= 0.3 is 0 Å². The van der Waals surface area contributed by atoms with Crippen LogP contribution in [0, 0.1) is 0 Å². The lowest BCUT2D eigenvalue weighted by Gasteiger charge is -1.95. The molecule has 0 atom stereocenters. The molecule has 0 aliphatic carbocycles. The van der Waals surface area contributed by atoms with Crippen LogP contribution < -0.4 is 0 Å². The van der Waals surface area contributed by atoms with Crippen LogP contribution in [0.25, 0.3) is 0 Å². The lowest BCUT2D eigenvalue weighted by molar-refractivity contribution is 0.493. The number of nitrogens with zero attached hydrogens (tertiary/aromatic N) is 3. The van der Waals surface area contributed by atoms with Crippen molar-refractivity contribution in [2.75, 3.05) is 0 Å². The van der Waals surface area contributed by atoms with Crippen molar-refractivity contribution in [2.24, 2.45) is 9.98 Å². The molecule has 0 amide bonds. The largest absolute Gasteiger partial charge is 0.454 e. The number of pyridine rings is 1. The molecule has 0 spiro atoms. The molecule has 0 aliphatic rings. The van der Waals surface area contributed by atoms with Crippen LogP contribution in [0.4, 0.5) is 11.4 Å². The van der Waals surface area contributed by atoms with Crippen molar-refractivity contribution in [1.82, 2.24) is 4.98 Å². The zero-order chi connectivity index (χ0) is 13.1. The first-order valence-corrected chi connectivity index (χ1v) is 5.40. The zero-order valence-electron chi connectivity index (χ0n) is 10.4. The van der Waals surface area contributed by atoms with E-state index in [0.717, 1.165) is 0 Å². The van der Waals surface area contributed by atoms with Crippen LogP contribution in [0.3, 0.4) is 0 Å². The first-order valence-electron chi connectivity index (χ1n) is 5.40. The number of ether oxygens (including phenoxy) is 2. The third-order valence-corrected chi connectivity index (χ3v) is 1.66. The highest BCUT2D eigenvalue weighted by Crippen LogP contribution is 2.17. The Labute approximate surface area is 106 Å². The average Bonchev–Trinajstić information content (AvgIpc) is 2.40. The molecule has 1 rings (SSSR count). The van der Waals surface area contributed by atoms with Gasteiger partial charge in [0.25, 0.3) is 0 Å². The van der Waals surface area contributed by atoms with Gasteiger partial charge in [-0.15, -0.1) is 0 Å². The number of aromatic nitrogens is 1. The Kier molecular flexibility index (Phi) is 6.58. The Morgan fingerprint density at radius 3 is 1.89 bits per heavy atom. The molecule has 0 unspecified atom stereocenters. The summed E-state index contributed by atoms with van der Waals surface area (Å²) < 4.78 is 9.93. The Hall–Kier alpha value is -2.43. The van der Waals surface area contributed by atoms with Gasteiger partial charge in [-0.05, 0) is 19.9 Å². The van der Waals surface area contributed by atoms with Crippen LogP contribution in [0.15, 0.2) is 53.1 Å². The van der Waals surface area contributed by atoms with Gasteiger partial charge in [0.15, 0.2) is 12.8 Å². The predicted octanol–water partition coefficient (Wildman–Crippen LogP) is 3.50. The van der Waals surface area contributed by atoms with E-state index < -0.39 is 0 Å². The molecule has 0 aromatic carbocycles. The summed E-state index contributed by atoms with van der Waals surface area (Å²) in [4.78, 5) is 12.1. The van der Waals surface area contributed by atoms with Crippen LogP contribution in [-0.4, -0.2) is 17.8 Å². The van der Waals surface area contributed by atoms with Crippen LogP contribution in [0.2, 0.25) is 0 Å². The van der Waals surface area contributed by atoms with Crippen molar-refractivity contribution in [1.29, 1.82) is 0 Å². The van der Waals surface area contributed by atoms with E-state index >= 15 is 0 Å². The molecule has 94 valence electrons. The van der Waals surface area contributed by atoms with Crippen molar-refractivity contribution in [2.45, 2.75) is 13.8 Å². The zero-order valence-corrected chi connectivity index (χ0v) is 10.4. The SMILES string of the molecule is C/C=C\O/C=N/c1cncc(/N=C/O/C=C\C)c1. The highest BCUT2D eigenvalue weighted by atomic mass is 16.5. The fourth-order valence-electron chi connectivity index (χ4n) is 0.967. The number of aliphatic imine (C=N–C) groups is 2. The topological polar surface area (TPSA) is 56.1 Å². The number of rotatable bonds is 6. The Bertz CT molecular complexity index is 426. The minimum absolute atomic E-state index is 0.653. The fraction of sp³-hybridized carbons (Fsp3) is 0.154. The molecule has 0 fully saturated rings. The van der Waals surface area contributed by atoms with Crippen LogP contribution in [0.1, 0.15) is 13.8 Å². The lowest BCUT2D eigenvalue weighted by Crippen LogP contribution is -1.78. The van der Waals surface area contributed by atoms with Crippen LogP contribution in [0.5, 0.6) is 0 Å². The molecule has 1 aromatic rings. The molecule has 5 heteroatoms. The summed E-state index contributed by atoms with van der Waals surface area (Å²) in [5.74, 6) is 0. The summed E-state index contributed by atoms with van der Waals surface area (Å²) in [7, 11) is 0. The molecule has 0 bridgehead atoms. The first kappa shape index (κ1) is 13.6. The minimum atomic E-state index is 0.653. The quantitative estimate of drug-likeness (QED) is 0.438. The van der Waals surface area contributed by atoms with Gasteiger partial charge in [0.05, 0.1) is 36.3 Å². The molecule has 0 radical (unpaired) electrons. The molecule has 0 saturated heterocycles. The average molecular weight is 245 g/mol. The van der Waals surface area contributed by atoms with E-state index in [0.29, 0.717) is 11.4 Å². The van der Waals surface area contributed by atoms with Crippen molar-refractivity contribution in [3.8, 4) is 0 Å². The second-order valence-corrected chi connectivity index (χ2v) is 3.08. The maximum Gasteiger partial charge on any atom is 0.180 e. The first-order chi connectivity index (χ1) is 8.86. The van der Waals surface area contributed by atoms with E-state index in [2.05, 4.69) is 15.0 Å². The van der Waals surface area contributed by atoms with Gasteiger partial charge in [-0.2, -0.15) is 0 Å². The number of hydrogen-bond donors (Lipinski definition) is 0. The summed E-state index contributed by atoms with van der Waals surface area (Å²) in [6.07, 6.45) is 12.5. The van der Waals surface area contributed by atoms with Gasteiger partial charge in [-0.1, -0.05) is 12.2 Å². The van der Waals surface area contributed by atoms with Gasteiger partial charge < -0.3 is 9.47 Å². The molecule has 0 saturated carbocycles. The molecule has 1 aromatic heterocycles. The fourth-order valence-corrected chi connectivity index (χ4v) is 0.967. The van der Waals surface area contributed by atoms with E-state index in [-0.39, 0.29) is 0 Å². The van der Waals surface area contributed by atoms with E-state index in [1.54, 1.807) is 30.6 Å². The third kappa shape index (κ3) is 5.60. The lowest BCUT2D eigenvalue weighted by atomic mass is 10.4. The molecule has 0 N–H and O–H groups in total. The normalized spacial score (nSPS) is 12.1. The molecule has 5 nitrogen and oxygen atoms in total. The highest BCUT2D eigenvalue weighted by Gasteiger charge is 1.92. The highest BCUT2D eigenvalue weighted by molar-refractivity contribution is 5.61. The van der Waals surface area contributed by atoms with Gasteiger partial charge in [-0.25, -0.2) is 9.98 Å². The minimum Gasteiger partial charge on any atom is -0.454 e. The van der Waals surface area contributed by atoms with Crippen molar-refractivity contribution in [3.05, 3.63) is 43.1 Å². The second kappa shape index (κ2) is 8.69. The standard InChI is InChI=1S/C13H15N3O2/c1-3-5-17-10-15-12-7-13(9-14-8-12)16-11-18-6-4-2/h3-11H,1-2H3/b5-3-,6-4-,15-10+,16-11+. The Morgan fingerprint density at radius 1 is 0.944 bits per heavy atom. The van der Waals surface area contributed by atoms with Crippen molar-refractivity contribution >= 4 is 24.2 Å². The number of allylic oxidation sites excluding steroid dienone is 2. The smallest absolute Gasteiger partial charge is 0.180 e. The maximum absolute atomic E-state index is 4.97. The number of hydrogen-bond acceptors (Lipinski definition) is 5. The summed E-state index contributed by atoms with van der Waals surface area (Å²) in [5, 5.41) is 0. The van der Waals surface area contributed by atoms with Gasteiger partial charge in [-0.3, -0.25) is 4.98 Å². The van der Waals surface area contributed by atoms with Gasteiger partial charge in [0.2, 0.25) is 0 Å². The summed E-state index contributed by atoms with van der Waals surface area (Å²) in [5.41, 5.74) is 1.31. The molecule has 18 heavy (non-hydrogen) atoms. The monoisotopic (exact) mass is 245 g/mol. The Balaban J connectivity index is 2.61. The molecular formula is C13H15N3O2. The van der Waals surface area contributed by atoms with E-state index in [1.165, 1.54) is 25.3 Å². The van der Waals surface area contributed by atoms with Gasteiger partial charge in [0, 0.05) is 0 Å². The molecule has 0 aliphatic heterocycles. The summed E-state index contributed by atoms with van der Waals surface area (Å²) in [6.45, 7) is 3.71. The van der Waals surface area contributed by atoms with E-state index in [9.17, 15) is 0 Å². The molecular weight excluding hydrogens is 230 g/mol. The van der Waals surface area contributed by atoms with Crippen molar-refractivity contribution in [3.63, 3.8) is 0 Å². The third-order valence-electron chi connectivity index (χ3n) is 1.66. The second-order valence-electron chi connectivity index (χ2n) is 3.08. The maximum atomic E-state index is 4.97. The summed E-state index contributed by atoms with van der Waals surface area (Å²) in [6, 6.07) is 1.76. The van der Waals surface area contributed by atoms with E-state index in [1.807, 2.05) is 13.8 Å².